The summed E-state index contributed by atoms with van der Waals surface area (Å²) in [4.78, 5) is 24.3. The number of para-hydroxylation sites is 3. The molecule has 4 rings (SSSR count). The number of rotatable bonds is 4. The van der Waals surface area contributed by atoms with Gasteiger partial charge in [-0.05, 0) is 24.3 Å². The van der Waals surface area contributed by atoms with Gasteiger partial charge in [-0.3, -0.25) is 9.78 Å². The summed E-state index contributed by atoms with van der Waals surface area (Å²) in [5, 5.41) is 10.8. The quantitative estimate of drug-likeness (QED) is 0.591. The maximum Gasteiger partial charge on any atom is 0.309 e. The summed E-state index contributed by atoms with van der Waals surface area (Å²) in [6, 6.07) is 17.4. The number of nitrogens with one attached hydrogen (secondary N) is 1. The summed E-state index contributed by atoms with van der Waals surface area (Å²) in [6.45, 7) is 0. The highest BCUT2D eigenvalue weighted by atomic mass is 32.2. The van der Waals surface area contributed by atoms with Crippen molar-refractivity contribution < 1.29 is 9.90 Å². The van der Waals surface area contributed by atoms with Crippen LogP contribution in [-0.2, 0) is 11.2 Å². The zero-order valence-electron chi connectivity index (χ0n) is 12.6. The zero-order valence-corrected chi connectivity index (χ0v) is 13.4. The van der Waals surface area contributed by atoms with E-state index in [4.69, 9.17) is 5.11 Å². The molecule has 4 aromatic rings. The van der Waals surface area contributed by atoms with Crippen molar-refractivity contribution in [3.05, 3.63) is 60.3 Å². The molecule has 0 saturated carbocycles. The highest BCUT2D eigenvalue weighted by Gasteiger charge is 2.11. The minimum Gasteiger partial charge on any atom is -0.481 e. The van der Waals surface area contributed by atoms with Gasteiger partial charge >= 0.3 is 5.97 Å². The number of carboxylic acids is 1. The van der Waals surface area contributed by atoms with Gasteiger partial charge in [-0.1, -0.05) is 42.1 Å². The van der Waals surface area contributed by atoms with Crippen LogP contribution in [0.3, 0.4) is 0 Å². The molecule has 0 fully saturated rings. The molecule has 0 unspecified atom stereocenters. The lowest BCUT2D eigenvalue weighted by molar-refractivity contribution is -0.136. The third-order valence-corrected chi connectivity index (χ3v) is 4.58. The van der Waals surface area contributed by atoms with Crippen LogP contribution in [0.25, 0.3) is 21.9 Å². The molecular weight excluding hydrogens is 322 g/mol. The Kier molecular flexibility index (Phi) is 3.66. The fourth-order valence-electron chi connectivity index (χ4n) is 2.61. The maximum absolute atomic E-state index is 11.0. The molecule has 0 saturated heterocycles. The first-order valence-electron chi connectivity index (χ1n) is 7.42. The Morgan fingerprint density at radius 3 is 2.58 bits per heavy atom. The molecule has 0 aliphatic rings. The number of aromatic nitrogens is 3. The van der Waals surface area contributed by atoms with Gasteiger partial charge in [0.25, 0.3) is 0 Å². The number of hydrogen-bond acceptors (Lipinski definition) is 4. The molecule has 0 spiro atoms. The number of aromatic amines is 1. The molecule has 0 atom stereocenters. The van der Waals surface area contributed by atoms with Crippen LogP contribution < -0.4 is 0 Å². The third-order valence-electron chi connectivity index (χ3n) is 3.64. The van der Waals surface area contributed by atoms with E-state index < -0.39 is 5.97 Å². The first-order chi connectivity index (χ1) is 11.7. The standard InChI is InChI=1S/C18H13N3O2S/c22-17(23)10-11-9-16(12-5-1-2-6-13(12)19-11)24-18-20-14-7-3-4-8-15(14)21-18/h1-9H,10H2,(H,20,21)(H,22,23). The Morgan fingerprint density at radius 2 is 1.79 bits per heavy atom. The molecule has 0 amide bonds. The number of hydrogen-bond donors (Lipinski definition) is 2. The number of imidazole rings is 1. The Balaban J connectivity index is 1.80. The predicted octanol–water partition coefficient (Wildman–Crippen LogP) is 3.89. The van der Waals surface area contributed by atoms with Crippen LogP contribution in [0.4, 0.5) is 0 Å². The summed E-state index contributed by atoms with van der Waals surface area (Å²) in [5.74, 6) is -0.891. The lowest BCUT2D eigenvalue weighted by atomic mass is 10.2. The van der Waals surface area contributed by atoms with E-state index in [1.165, 1.54) is 11.8 Å². The summed E-state index contributed by atoms with van der Waals surface area (Å²) < 4.78 is 0. The number of carbonyl (C=O) groups is 1. The van der Waals surface area contributed by atoms with Gasteiger partial charge < -0.3 is 10.1 Å². The third kappa shape index (κ3) is 2.83. The smallest absolute Gasteiger partial charge is 0.309 e. The molecule has 0 aliphatic carbocycles. The monoisotopic (exact) mass is 335 g/mol. The largest absolute Gasteiger partial charge is 0.481 e. The van der Waals surface area contributed by atoms with Gasteiger partial charge in [-0.25, -0.2) is 4.98 Å². The summed E-state index contributed by atoms with van der Waals surface area (Å²) in [6.07, 6.45) is -0.0987. The van der Waals surface area contributed by atoms with E-state index >= 15 is 0 Å². The van der Waals surface area contributed by atoms with Crippen molar-refractivity contribution in [3.63, 3.8) is 0 Å². The van der Waals surface area contributed by atoms with E-state index in [1.807, 2.05) is 54.6 Å². The minimum atomic E-state index is -0.891. The second kappa shape index (κ2) is 5.98. The SMILES string of the molecule is O=C(O)Cc1cc(Sc2nc3ccccc3[nH]2)c2ccccc2n1. The molecule has 2 aromatic carbocycles. The van der Waals surface area contributed by atoms with Crippen LogP contribution in [0.5, 0.6) is 0 Å². The number of carboxylic acid groups (broad SMARTS) is 1. The molecule has 6 heteroatoms. The first-order valence-corrected chi connectivity index (χ1v) is 8.24. The molecule has 0 radical (unpaired) electrons. The summed E-state index contributed by atoms with van der Waals surface area (Å²) in [7, 11) is 0. The second-order valence-electron chi connectivity index (χ2n) is 5.36. The van der Waals surface area contributed by atoms with E-state index in [0.29, 0.717) is 5.69 Å². The fraction of sp³-hybridized carbons (Fsp3) is 0.0556. The Hall–Kier alpha value is -2.86. The first kappa shape index (κ1) is 14.7. The average Bonchev–Trinajstić information content (AvgIpc) is 2.96. The van der Waals surface area contributed by atoms with Crippen LogP contribution in [0, 0.1) is 0 Å². The van der Waals surface area contributed by atoms with Gasteiger partial charge in [0.2, 0.25) is 0 Å². The highest BCUT2D eigenvalue weighted by Crippen LogP contribution is 2.33. The molecule has 0 bridgehead atoms. The van der Waals surface area contributed by atoms with Gasteiger partial charge in [0.05, 0.1) is 28.7 Å². The molecule has 2 aromatic heterocycles. The minimum absolute atomic E-state index is 0.0987. The van der Waals surface area contributed by atoms with Crippen molar-refractivity contribution in [2.24, 2.45) is 0 Å². The van der Waals surface area contributed by atoms with Gasteiger partial charge in [0.15, 0.2) is 5.16 Å². The fourth-order valence-corrected chi connectivity index (χ4v) is 3.60. The summed E-state index contributed by atoms with van der Waals surface area (Å²) >= 11 is 1.48. The molecular formula is C18H13N3O2S. The lowest BCUT2D eigenvalue weighted by Crippen LogP contribution is -2.02. The van der Waals surface area contributed by atoms with Crippen LogP contribution in [0.2, 0.25) is 0 Å². The van der Waals surface area contributed by atoms with E-state index in [0.717, 1.165) is 32.0 Å². The van der Waals surface area contributed by atoms with Gasteiger partial charge in [-0.15, -0.1) is 0 Å². The maximum atomic E-state index is 11.0. The normalized spacial score (nSPS) is 11.2. The van der Waals surface area contributed by atoms with Crippen molar-refractivity contribution >= 4 is 39.7 Å². The zero-order chi connectivity index (χ0) is 16.5. The van der Waals surface area contributed by atoms with E-state index in [9.17, 15) is 4.79 Å². The number of fused-ring (bicyclic) bond motifs is 2. The second-order valence-corrected chi connectivity index (χ2v) is 6.39. The van der Waals surface area contributed by atoms with Crippen LogP contribution >= 0.6 is 11.8 Å². The lowest BCUT2D eigenvalue weighted by Gasteiger charge is -2.07. The topological polar surface area (TPSA) is 78.9 Å². The van der Waals surface area contributed by atoms with Crippen molar-refractivity contribution in [2.45, 2.75) is 16.5 Å². The Morgan fingerprint density at radius 1 is 1.04 bits per heavy atom. The molecule has 2 heterocycles. The molecule has 24 heavy (non-hydrogen) atoms. The van der Waals surface area contributed by atoms with Gasteiger partial charge in [0.1, 0.15) is 0 Å². The number of aliphatic carboxylic acids is 1. The molecule has 2 N–H and O–H groups in total. The van der Waals surface area contributed by atoms with Crippen molar-refractivity contribution in [3.8, 4) is 0 Å². The highest BCUT2D eigenvalue weighted by molar-refractivity contribution is 7.99. The van der Waals surface area contributed by atoms with Crippen LogP contribution in [0.1, 0.15) is 5.69 Å². The van der Waals surface area contributed by atoms with Crippen LogP contribution in [0.15, 0.2) is 64.6 Å². The van der Waals surface area contributed by atoms with E-state index in [1.54, 1.807) is 0 Å². The predicted molar refractivity (Wildman–Crippen MR) is 93.3 cm³/mol. The summed E-state index contributed by atoms with van der Waals surface area (Å²) in [5.41, 5.74) is 3.21. The molecule has 5 nitrogen and oxygen atoms in total. The molecule has 0 aliphatic heterocycles. The van der Waals surface area contributed by atoms with Crippen molar-refractivity contribution in [1.29, 1.82) is 0 Å². The number of nitrogens with zero attached hydrogens (tertiary/aromatic N) is 2. The number of benzene rings is 2. The van der Waals surface area contributed by atoms with E-state index in [2.05, 4.69) is 15.0 Å². The number of pyridine rings is 1. The van der Waals surface area contributed by atoms with Crippen LogP contribution in [-0.4, -0.2) is 26.0 Å². The molecule has 118 valence electrons. The number of H-pyrrole nitrogens is 1. The van der Waals surface area contributed by atoms with Crippen molar-refractivity contribution in [2.75, 3.05) is 0 Å². The van der Waals surface area contributed by atoms with E-state index in [-0.39, 0.29) is 6.42 Å². The average molecular weight is 335 g/mol. The van der Waals surface area contributed by atoms with Gasteiger partial charge in [-0.2, -0.15) is 0 Å². The Labute approximate surface area is 141 Å². The Bertz CT molecular complexity index is 1030. The van der Waals surface area contributed by atoms with Crippen molar-refractivity contribution in [1.82, 2.24) is 15.0 Å². The van der Waals surface area contributed by atoms with Gasteiger partial charge in [0, 0.05) is 10.3 Å².